The van der Waals surface area contributed by atoms with Crippen molar-refractivity contribution in [3.8, 4) is 33.8 Å². The number of halogens is 21. The highest BCUT2D eigenvalue weighted by molar-refractivity contribution is 6.63. The van der Waals surface area contributed by atoms with Crippen LogP contribution in [0.1, 0.15) is 0 Å². The first-order valence-corrected chi connectivity index (χ1v) is 13.3. The van der Waals surface area contributed by atoms with Gasteiger partial charge in [-0.2, -0.15) is 8.78 Å². The summed E-state index contributed by atoms with van der Waals surface area (Å²) in [6.45, 7) is 0. The molecule has 0 N–H and O–H groups in total. The average Bonchev–Trinajstić information content (AvgIpc) is 3.14. The van der Waals surface area contributed by atoms with Crippen molar-refractivity contribution in [3.05, 3.63) is 134 Å². The fourth-order valence-corrected chi connectivity index (χ4v) is 4.63. The summed E-state index contributed by atoms with van der Waals surface area (Å²) >= 11 is 0. The van der Waals surface area contributed by atoms with Crippen LogP contribution >= 0.6 is 0 Å². The van der Waals surface area contributed by atoms with E-state index in [2.05, 4.69) is 9.31 Å². The second kappa shape index (κ2) is 13.9. The zero-order valence-corrected chi connectivity index (χ0v) is 24.5. The van der Waals surface area contributed by atoms with Crippen LogP contribution in [0.2, 0.25) is 0 Å². The smallest absolute Gasteiger partial charge is 0.519 e. The zero-order valence-electron chi connectivity index (χ0n) is 24.5. The molecule has 284 valence electrons. The Hall–Kier alpha value is -5.71. The fourth-order valence-electron chi connectivity index (χ4n) is 4.63. The van der Waals surface area contributed by atoms with Gasteiger partial charge in [-0.15, -0.1) is 0 Å². The lowest BCUT2D eigenvalue weighted by Crippen LogP contribution is -2.46. The number of benzene rings is 5. The van der Waals surface area contributed by atoms with Gasteiger partial charge in [0.2, 0.25) is 34.9 Å². The molecule has 0 radical (unpaired) electrons. The van der Waals surface area contributed by atoms with Crippen LogP contribution in [0.4, 0.5) is 92.2 Å². The molecule has 0 aliphatic rings. The largest absolute Gasteiger partial charge is 0.635 e. The highest BCUT2D eigenvalue weighted by Crippen LogP contribution is 2.45. The van der Waals surface area contributed by atoms with Crippen molar-refractivity contribution in [2.45, 2.75) is 0 Å². The maximum atomic E-state index is 15.3. The van der Waals surface area contributed by atoms with E-state index in [9.17, 15) is 70.2 Å². The molecular weight excluding hydrogens is 802 g/mol. The first-order chi connectivity index (χ1) is 25.1. The molecule has 5 aromatic rings. The number of rotatable bonds is 7. The Labute approximate surface area is 282 Å². The molecule has 0 saturated heterocycles. The number of hydrogen-bond donors (Lipinski definition) is 0. The second-order valence-electron chi connectivity index (χ2n) is 10.1. The van der Waals surface area contributed by atoms with Crippen LogP contribution in [-0.2, 0) is 0 Å². The molecule has 0 aliphatic carbocycles. The Morgan fingerprint density at radius 1 is 0.259 bits per heavy atom. The third kappa shape index (κ3) is 5.86. The van der Waals surface area contributed by atoms with Crippen LogP contribution in [0.15, 0.2) is 12.1 Å². The maximum Gasteiger partial charge on any atom is 0.635 e. The third-order valence-electron chi connectivity index (χ3n) is 7.14. The monoisotopic (exact) mass is 804 g/mol. The summed E-state index contributed by atoms with van der Waals surface area (Å²) in [6.07, 6.45) is 0. The third-order valence-corrected chi connectivity index (χ3v) is 7.14. The van der Waals surface area contributed by atoms with Crippen LogP contribution in [0, 0.1) is 122 Å². The van der Waals surface area contributed by atoms with E-state index in [-0.39, 0.29) is 12.1 Å². The lowest BCUT2D eigenvalue weighted by molar-refractivity contribution is 0.352. The van der Waals surface area contributed by atoms with E-state index < -0.39 is 168 Å². The van der Waals surface area contributed by atoms with Crippen LogP contribution in [0.3, 0.4) is 0 Å². The molecule has 0 atom stereocenters. The van der Waals surface area contributed by atoms with Gasteiger partial charge in [-0.25, -0.2) is 83.4 Å². The van der Waals surface area contributed by atoms with E-state index in [4.69, 9.17) is 0 Å². The van der Waals surface area contributed by atoms with Gasteiger partial charge in [0.25, 0.3) is 0 Å². The minimum atomic E-state index is -3.89. The quantitative estimate of drug-likeness (QED) is 0.0707. The SMILES string of the molecule is Fc1ccc(B(Oc2c(F)c(F)c(F)c(F)c2-c2c(F)c(F)c(F)c(F)c2F)Oc2c(F)c(F)c(F)c(F)c2-c2c(F)c(F)c(F)c(F)c2F)c(F)c1F. The zero-order chi connectivity index (χ0) is 40.6. The van der Waals surface area contributed by atoms with Crippen LogP contribution < -0.4 is 14.8 Å². The lowest BCUT2D eigenvalue weighted by atomic mass is 9.77. The minimum Gasteiger partial charge on any atom is -0.519 e. The fraction of sp³-hybridized carbons (Fsp3) is 0. The van der Waals surface area contributed by atoms with Crippen molar-refractivity contribution in [1.29, 1.82) is 0 Å². The van der Waals surface area contributed by atoms with Crippen molar-refractivity contribution in [2.75, 3.05) is 0 Å². The highest BCUT2D eigenvalue weighted by atomic mass is 19.2. The summed E-state index contributed by atoms with van der Waals surface area (Å²) in [7, 11) is -3.89. The Morgan fingerprint density at radius 2 is 0.519 bits per heavy atom. The first kappa shape index (κ1) is 39.5. The molecule has 0 amide bonds. The van der Waals surface area contributed by atoms with Crippen molar-refractivity contribution in [2.24, 2.45) is 0 Å². The van der Waals surface area contributed by atoms with E-state index in [1.807, 2.05) is 0 Å². The predicted molar refractivity (Wildman–Crippen MR) is 136 cm³/mol. The van der Waals surface area contributed by atoms with Gasteiger partial charge in [0.1, 0.15) is 0 Å². The molecule has 24 heteroatoms. The summed E-state index contributed by atoms with van der Waals surface area (Å²) < 4.78 is 313. The van der Waals surface area contributed by atoms with Gasteiger partial charge in [-0.1, -0.05) is 6.07 Å². The van der Waals surface area contributed by atoms with Gasteiger partial charge in [-0.3, -0.25) is 0 Å². The standard InChI is InChI=1S/C30H2BF21O2/c32-4-2-1-3(9(33)10(4)34)31(53-29-7(15(39)21(45)25(49)27(29)51)5-11(35)17(41)23(47)18(42)12(5)36)54-30-8(16(40)22(46)26(50)28(30)52)6-13(37)19(43)24(48)20(44)14(6)38/h1-2H. The molecule has 0 heterocycles. The van der Waals surface area contributed by atoms with E-state index in [0.29, 0.717) is 0 Å². The Bertz CT molecular complexity index is 2240. The normalized spacial score (nSPS) is 11.4. The predicted octanol–water partition coefficient (Wildman–Crippen LogP) is 9.79. The topological polar surface area (TPSA) is 18.5 Å². The van der Waals surface area contributed by atoms with Crippen molar-refractivity contribution in [3.63, 3.8) is 0 Å². The second-order valence-corrected chi connectivity index (χ2v) is 10.1. The summed E-state index contributed by atoms with van der Waals surface area (Å²) in [5, 5.41) is 0. The van der Waals surface area contributed by atoms with E-state index in [1.165, 1.54) is 0 Å². The maximum absolute atomic E-state index is 15.3. The summed E-state index contributed by atoms with van der Waals surface area (Å²) in [5.41, 5.74) is -13.0. The number of hydrogen-bond acceptors (Lipinski definition) is 2. The van der Waals surface area contributed by atoms with Gasteiger partial charge in [0.15, 0.2) is 98.8 Å². The van der Waals surface area contributed by atoms with Gasteiger partial charge >= 0.3 is 7.12 Å². The van der Waals surface area contributed by atoms with Crippen LogP contribution in [-0.4, -0.2) is 7.12 Å². The molecule has 0 saturated carbocycles. The van der Waals surface area contributed by atoms with Crippen LogP contribution in [0.25, 0.3) is 22.3 Å². The lowest BCUT2D eigenvalue weighted by Gasteiger charge is -2.23. The molecule has 2 nitrogen and oxygen atoms in total. The summed E-state index contributed by atoms with van der Waals surface area (Å²) in [6, 6.07) is -0.357. The van der Waals surface area contributed by atoms with Crippen LogP contribution in [0.5, 0.6) is 11.5 Å². The van der Waals surface area contributed by atoms with Gasteiger partial charge < -0.3 is 9.31 Å². The Kier molecular flexibility index (Phi) is 10.2. The summed E-state index contributed by atoms with van der Waals surface area (Å²) in [4.78, 5) is 0. The molecule has 0 bridgehead atoms. The molecule has 0 aromatic heterocycles. The highest BCUT2D eigenvalue weighted by Gasteiger charge is 2.43. The summed E-state index contributed by atoms with van der Waals surface area (Å²) in [5.74, 6) is -69.2. The molecule has 0 aliphatic heterocycles. The van der Waals surface area contributed by atoms with Crippen molar-refractivity contribution < 1.29 is 102 Å². The Morgan fingerprint density at radius 3 is 0.833 bits per heavy atom. The van der Waals surface area contributed by atoms with Gasteiger partial charge in [-0.05, 0) is 6.07 Å². The Balaban J connectivity index is 1.91. The molecule has 54 heavy (non-hydrogen) atoms. The van der Waals surface area contributed by atoms with Gasteiger partial charge in [0.05, 0.1) is 27.7 Å². The molecule has 0 fully saturated rings. The van der Waals surface area contributed by atoms with Gasteiger partial charge in [0, 0.05) is 0 Å². The van der Waals surface area contributed by atoms with Crippen molar-refractivity contribution in [1.82, 2.24) is 0 Å². The van der Waals surface area contributed by atoms with Crippen molar-refractivity contribution >= 4 is 12.6 Å². The average molecular weight is 804 g/mol. The van der Waals surface area contributed by atoms with E-state index >= 15 is 22.0 Å². The molecule has 5 aromatic carbocycles. The minimum absolute atomic E-state index is 0.170. The molecule has 5 rings (SSSR count). The van der Waals surface area contributed by atoms with E-state index in [1.54, 1.807) is 0 Å². The van der Waals surface area contributed by atoms with E-state index in [0.717, 1.165) is 0 Å². The molecule has 0 spiro atoms. The molecular formula is C30H2BF21O2. The molecule has 0 unspecified atom stereocenters. The first-order valence-electron chi connectivity index (χ1n) is 13.3.